The Morgan fingerprint density at radius 3 is 2.59 bits per heavy atom. The minimum Gasteiger partial charge on any atom is -0.388 e. The van der Waals surface area contributed by atoms with E-state index in [1.165, 1.54) is 6.20 Å². The van der Waals surface area contributed by atoms with Crippen molar-refractivity contribution in [3.63, 3.8) is 0 Å². The highest BCUT2D eigenvalue weighted by Crippen LogP contribution is 2.21. The molecule has 0 unspecified atom stereocenters. The Labute approximate surface area is 107 Å². The van der Waals surface area contributed by atoms with Crippen molar-refractivity contribution in [2.75, 3.05) is 24.2 Å². The van der Waals surface area contributed by atoms with Crippen molar-refractivity contribution in [2.45, 2.75) is 32.3 Å². The van der Waals surface area contributed by atoms with Gasteiger partial charge in [-0.1, -0.05) is 25.4 Å². The second kappa shape index (κ2) is 6.02. The van der Waals surface area contributed by atoms with Gasteiger partial charge in [-0.15, -0.1) is 0 Å². The fraction of sp³-hybridized carbons (Fsp3) is 0.636. The predicted molar refractivity (Wildman–Crippen MR) is 70.6 cm³/mol. The Morgan fingerprint density at radius 2 is 2.06 bits per heavy atom. The maximum absolute atomic E-state index is 10.1. The maximum atomic E-state index is 10.1. The highest BCUT2D eigenvalue weighted by atomic mass is 35.5. The van der Waals surface area contributed by atoms with Crippen LogP contribution in [0.15, 0.2) is 6.20 Å². The van der Waals surface area contributed by atoms with E-state index in [-0.39, 0.29) is 0 Å². The van der Waals surface area contributed by atoms with Crippen LogP contribution in [0.5, 0.6) is 0 Å². The molecule has 1 heterocycles. The van der Waals surface area contributed by atoms with Crippen LogP contribution in [0.2, 0.25) is 5.02 Å². The number of nitrogens with one attached hydrogen (secondary N) is 2. The molecule has 0 fully saturated rings. The van der Waals surface area contributed by atoms with Crippen molar-refractivity contribution >= 4 is 23.4 Å². The zero-order valence-corrected chi connectivity index (χ0v) is 11.2. The number of hydrogen-bond donors (Lipinski definition) is 3. The van der Waals surface area contributed by atoms with Gasteiger partial charge in [0.2, 0.25) is 5.95 Å². The average molecular weight is 259 g/mol. The first-order chi connectivity index (χ1) is 8.04. The van der Waals surface area contributed by atoms with Crippen LogP contribution < -0.4 is 10.6 Å². The van der Waals surface area contributed by atoms with E-state index in [1.807, 2.05) is 13.8 Å². The van der Waals surface area contributed by atoms with Crippen molar-refractivity contribution in [1.29, 1.82) is 0 Å². The van der Waals surface area contributed by atoms with Crippen molar-refractivity contribution in [2.24, 2.45) is 0 Å². The van der Waals surface area contributed by atoms with Crippen LogP contribution in [0.1, 0.15) is 26.7 Å². The molecule has 96 valence electrons. The Bertz CT molecular complexity index is 368. The van der Waals surface area contributed by atoms with Crippen LogP contribution in [0.3, 0.4) is 0 Å². The third-order valence-corrected chi connectivity index (χ3v) is 3.15. The summed E-state index contributed by atoms with van der Waals surface area (Å²) >= 11 is 5.97. The fourth-order valence-corrected chi connectivity index (χ4v) is 1.52. The van der Waals surface area contributed by atoms with E-state index in [2.05, 4.69) is 20.6 Å². The molecule has 0 aliphatic heterocycles. The molecular formula is C11H19ClN4O. The second-order valence-corrected chi connectivity index (χ2v) is 4.33. The number of hydrogen-bond acceptors (Lipinski definition) is 5. The highest BCUT2D eigenvalue weighted by Gasteiger charge is 2.22. The van der Waals surface area contributed by atoms with Crippen LogP contribution in [0.4, 0.5) is 11.8 Å². The molecule has 17 heavy (non-hydrogen) atoms. The molecule has 5 nitrogen and oxygen atoms in total. The highest BCUT2D eigenvalue weighted by molar-refractivity contribution is 6.32. The zero-order chi connectivity index (χ0) is 12.9. The molecular weight excluding hydrogens is 240 g/mol. The SMILES string of the molecule is CCC(O)(CC)CNc1nc(NC)ncc1Cl. The standard InChI is InChI=1S/C11H19ClN4O/c1-4-11(17,5-2)7-15-9-8(12)6-14-10(13-3)16-9/h6,17H,4-5,7H2,1-3H3,(H2,13,14,15,16). The maximum Gasteiger partial charge on any atom is 0.224 e. The molecule has 1 aromatic rings. The van der Waals surface area contributed by atoms with Gasteiger partial charge >= 0.3 is 0 Å². The van der Waals surface area contributed by atoms with Gasteiger partial charge in [-0.2, -0.15) is 4.98 Å². The van der Waals surface area contributed by atoms with Gasteiger partial charge in [-0.05, 0) is 12.8 Å². The van der Waals surface area contributed by atoms with Crippen molar-refractivity contribution < 1.29 is 5.11 Å². The molecule has 0 saturated carbocycles. The molecule has 0 aliphatic rings. The van der Waals surface area contributed by atoms with Gasteiger partial charge in [0.25, 0.3) is 0 Å². The largest absolute Gasteiger partial charge is 0.388 e. The quantitative estimate of drug-likeness (QED) is 0.729. The Morgan fingerprint density at radius 1 is 1.41 bits per heavy atom. The summed E-state index contributed by atoms with van der Waals surface area (Å²) in [6, 6.07) is 0. The van der Waals surface area contributed by atoms with Crippen LogP contribution in [-0.4, -0.2) is 34.3 Å². The summed E-state index contributed by atoms with van der Waals surface area (Å²) in [5.41, 5.74) is -0.728. The molecule has 1 aromatic heterocycles. The number of halogens is 1. The van der Waals surface area contributed by atoms with Gasteiger partial charge in [-0.3, -0.25) is 0 Å². The van der Waals surface area contributed by atoms with Crippen LogP contribution in [0, 0.1) is 0 Å². The number of nitrogens with zero attached hydrogens (tertiary/aromatic N) is 2. The lowest BCUT2D eigenvalue weighted by Gasteiger charge is -2.25. The number of aliphatic hydroxyl groups is 1. The average Bonchev–Trinajstić information content (AvgIpc) is 2.37. The third kappa shape index (κ3) is 3.71. The Kier molecular flexibility index (Phi) is 4.96. The minimum absolute atomic E-state index is 0.417. The molecule has 0 saturated heterocycles. The van der Waals surface area contributed by atoms with Crippen LogP contribution in [0.25, 0.3) is 0 Å². The first-order valence-electron chi connectivity index (χ1n) is 5.71. The van der Waals surface area contributed by atoms with Crippen LogP contribution >= 0.6 is 11.6 Å². The lowest BCUT2D eigenvalue weighted by Crippen LogP contribution is -2.35. The molecule has 0 spiro atoms. The van der Waals surface area contributed by atoms with Gasteiger partial charge in [0.15, 0.2) is 5.82 Å². The monoisotopic (exact) mass is 258 g/mol. The van der Waals surface area contributed by atoms with E-state index in [0.717, 1.165) is 0 Å². The fourth-order valence-electron chi connectivity index (χ4n) is 1.36. The Hall–Kier alpha value is -1.07. The molecule has 0 aromatic carbocycles. The van der Waals surface area contributed by atoms with E-state index in [0.29, 0.717) is 36.2 Å². The number of aromatic nitrogens is 2. The number of anilines is 2. The smallest absolute Gasteiger partial charge is 0.224 e. The minimum atomic E-state index is -0.728. The van der Waals surface area contributed by atoms with Gasteiger partial charge < -0.3 is 15.7 Å². The predicted octanol–water partition coefficient (Wildman–Crippen LogP) is 2.13. The van der Waals surface area contributed by atoms with Crippen molar-refractivity contribution in [3.05, 3.63) is 11.2 Å². The second-order valence-electron chi connectivity index (χ2n) is 3.93. The summed E-state index contributed by atoms with van der Waals surface area (Å²) in [4.78, 5) is 8.17. The molecule has 0 amide bonds. The first-order valence-corrected chi connectivity index (χ1v) is 6.09. The summed E-state index contributed by atoms with van der Waals surface area (Å²) in [6.45, 7) is 4.32. The van der Waals surface area contributed by atoms with Gasteiger partial charge in [0.05, 0.1) is 11.8 Å². The molecule has 3 N–H and O–H groups in total. The topological polar surface area (TPSA) is 70.1 Å². The lowest BCUT2D eigenvalue weighted by molar-refractivity contribution is 0.0456. The zero-order valence-electron chi connectivity index (χ0n) is 10.4. The number of rotatable bonds is 6. The molecule has 0 radical (unpaired) electrons. The Balaban J connectivity index is 2.74. The summed E-state index contributed by atoms with van der Waals surface area (Å²) in [5.74, 6) is 1.03. The van der Waals surface area contributed by atoms with Gasteiger partial charge in [0, 0.05) is 13.6 Å². The van der Waals surface area contributed by atoms with E-state index in [1.54, 1.807) is 7.05 Å². The van der Waals surface area contributed by atoms with Crippen molar-refractivity contribution in [3.8, 4) is 0 Å². The van der Waals surface area contributed by atoms with E-state index in [9.17, 15) is 5.11 Å². The molecule has 6 heteroatoms. The summed E-state index contributed by atoms with van der Waals surface area (Å²) in [7, 11) is 1.74. The summed E-state index contributed by atoms with van der Waals surface area (Å²) in [5, 5.41) is 16.5. The molecule has 1 rings (SSSR count). The molecule has 0 bridgehead atoms. The van der Waals surface area contributed by atoms with Gasteiger partial charge in [0.1, 0.15) is 5.02 Å². The van der Waals surface area contributed by atoms with E-state index < -0.39 is 5.60 Å². The third-order valence-electron chi connectivity index (χ3n) is 2.87. The van der Waals surface area contributed by atoms with Crippen LogP contribution in [-0.2, 0) is 0 Å². The summed E-state index contributed by atoms with van der Waals surface area (Å²) in [6.07, 6.45) is 2.88. The van der Waals surface area contributed by atoms with E-state index in [4.69, 9.17) is 11.6 Å². The normalized spacial score (nSPS) is 11.4. The van der Waals surface area contributed by atoms with Gasteiger partial charge in [-0.25, -0.2) is 4.98 Å². The molecule has 0 atom stereocenters. The van der Waals surface area contributed by atoms with Crippen molar-refractivity contribution in [1.82, 2.24) is 9.97 Å². The molecule has 0 aliphatic carbocycles. The first kappa shape index (κ1) is 14.0. The summed E-state index contributed by atoms with van der Waals surface area (Å²) < 4.78 is 0. The lowest BCUT2D eigenvalue weighted by atomic mass is 9.98. The van der Waals surface area contributed by atoms with E-state index >= 15 is 0 Å².